The fourth-order valence-electron chi connectivity index (χ4n) is 2.93. The molecule has 3 heterocycles. The highest BCUT2D eigenvalue weighted by Crippen LogP contribution is 2.36. The van der Waals surface area contributed by atoms with Crippen LogP contribution in [-0.2, 0) is 19.8 Å². The number of hydrogen-bond donors (Lipinski definition) is 3. The van der Waals surface area contributed by atoms with Gasteiger partial charge in [0.2, 0.25) is 0 Å². The highest BCUT2D eigenvalue weighted by molar-refractivity contribution is 5.65. The molecule has 3 N–H and O–H groups in total. The smallest absolute Gasteiger partial charge is 0.435 e. The normalized spacial score (nSPS) is 12.8. The van der Waals surface area contributed by atoms with Crippen molar-refractivity contribution in [1.29, 1.82) is 0 Å². The molecule has 0 bridgehead atoms. The van der Waals surface area contributed by atoms with Gasteiger partial charge in [0.05, 0.1) is 28.8 Å². The van der Waals surface area contributed by atoms with Gasteiger partial charge in [-0.2, -0.15) is 23.4 Å². The molecule has 0 aliphatic carbocycles. The van der Waals surface area contributed by atoms with Gasteiger partial charge in [0.25, 0.3) is 12.3 Å². The maximum atomic E-state index is 13.9. The maximum Gasteiger partial charge on any atom is 0.435 e. The molecule has 3 aromatic rings. The lowest BCUT2D eigenvalue weighted by Crippen LogP contribution is -2.35. The first-order valence-corrected chi connectivity index (χ1v) is 9.63. The molecule has 1 atom stereocenters. The van der Waals surface area contributed by atoms with Gasteiger partial charge >= 0.3 is 6.18 Å². The van der Waals surface area contributed by atoms with Crippen LogP contribution in [-0.4, -0.2) is 49.5 Å². The summed E-state index contributed by atoms with van der Waals surface area (Å²) in [6.45, 7) is 0.493. The standard InChI is InChI=1S/C19H19F6N7O2/c1-9-3-11(29-30-15(9)12-7-32(2)31-16(12)19(23,24)25)6-27-18(33)28-10-4-13(20)17(26-5-10)34-8-14(21)22/h3-5,7,14,18,27-28,33H,6,8H2,1-2H3. The lowest BCUT2D eigenvalue weighted by molar-refractivity contribution is -0.141. The van der Waals surface area contributed by atoms with Crippen molar-refractivity contribution in [1.82, 2.24) is 30.3 Å². The van der Waals surface area contributed by atoms with E-state index in [0.29, 0.717) is 11.3 Å². The van der Waals surface area contributed by atoms with Gasteiger partial charge in [-0.05, 0) is 18.6 Å². The van der Waals surface area contributed by atoms with Gasteiger partial charge in [0.1, 0.15) is 0 Å². The largest absolute Gasteiger partial charge is 0.470 e. The van der Waals surface area contributed by atoms with Gasteiger partial charge in [-0.25, -0.2) is 18.2 Å². The molecule has 1 unspecified atom stereocenters. The molecule has 3 aromatic heterocycles. The molecule has 184 valence electrons. The molecule has 0 aromatic carbocycles. The number of anilines is 1. The van der Waals surface area contributed by atoms with E-state index >= 15 is 0 Å². The van der Waals surface area contributed by atoms with Crippen molar-refractivity contribution in [2.75, 3.05) is 11.9 Å². The van der Waals surface area contributed by atoms with Crippen LogP contribution in [0.15, 0.2) is 24.5 Å². The number of aromatic nitrogens is 5. The zero-order chi connectivity index (χ0) is 25.0. The van der Waals surface area contributed by atoms with Crippen LogP contribution in [0.2, 0.25) is 0 Å². The highest BCUT2D eigenvalue weighted by atomic mass is 19.4. The Kier molecular flexibility index (Phi) is 7.56. The van der Waals surface area contributed by atoms with Crippen LogP contribution in [0.1, 0.15) is 17.0 Å². The molecular weight excluding hydrogens is 472 g/mol. The molecule has 0 saturated heterocycles. The second-order valence-electron chi connectivity index (χ2n) is 7.07. The summed E-state index contributed by atoms with van der Waals surface area (Å²) in [7, 11) is 1.36. The van der Waals surface area contributed by atoms with Crippen LogP contribution in [0.5, 0.6) is 5.88 Å². The van der Waals surface area contributed by atoms with E-state index in [2.05, 4.69) is 35.7 Å². The third-order valence-corrected chi connectivity index (χ3v) is 4.32. The molecule has 3 rings (SSSR count). The molecule has 9 nitrogen and oxygen atoms in total. The predicted octanol–water partition coefficient (Wildman–Crippen LogP) is 2.86. The number of pyridine rings is 1. The number of nitrogens with zero attached hydrogens (tertiary/aromatic N) is 5. The third kappa shape index (κ3) is 6.32. The lowest BCUT2D eigenvalue weighted by Gasteiger charge is -2.16. The number of hydrogen-bond acceptors (Lipinski definition) is 8. The summed E-state index contributed by atoms with van der Waals surface area (Å²) in [5, 5.41) is 26.3. The van der Waals surface area contributed by atoms with Crippen LogP contribution < -0.4 is 15.4 Å². The summed E-state index contributed by atoms with van der Waals surface area (Å²) in [5.41, 5.74) is -0.548. The fraction of sp³-hybridized carbons (Fsp3) is 0.368. The van der Waals surface area contributed by atoms with Gasteiger partial charge < -0.3 is 15.2 Å². The van der Waals surface area contributed by atoms with Gasteiger partial charge in [-0.15, -0.1) is 5.10 Å². The first kappa shape index (κ1) is 25.2. The number of rotatable bonds is 9. The van der Waals surface area contributed by atoms with Crippen LogP contribution in [0, 0.1) is 12.7 Å². The zero-order valence-corrected chi connectivity index (χ0v) is 17.7. The van der Waals surface area contributed by atoms with E-state index in [1.165, 1.54) is 19.3 Å². The Morgan fingerprint density at radius 2 is 1.94 bits per heavy atom. The number of ether oxygens (including phenoxy) is 1. The van der Waals surface area contributed by atoms with Crippen LogP contribution in [0.4, 0.5) is 32.0 Å². The minimum atomic E-state index is -4.66. The quantitative estimate of drug-likeness (QED) is 0.310. The van der Waals surface area contributed by atoms with E-state index in [9.17, 15) is 31.4 Å². The van der Waals surface area contributed by atoms with Crippen molar-refractivity contribution in [3.63, 3.8) is 0 Å². The van der Waals surface area contributed by atoms with Crippen molar-refractivity contribution in [2.45, 2.75) is 32.4 Å². The number of aryl methyl sites for hydroxylation is 2. The SMILES string of the molecule is Cc1cc(CNC(O)Nc2cnc(OCC(F)F)c(F)c2)nnc1-c1cn(C)nc1C(F)(F)F. The van der Waals surface area contributed by atoms with Crippen molar-refractivity contribution in [2.24, 2.45) is 7.05 Å². The molecule has 0 fully saturated rings. The first-order valence-electron chi connectivity index (χ1n) is 9.63. The van der Waals surface area contributed by atoms with Crippen molar-refractivity contribution < 1.29 is 36.2 Å². The average molecular weight is 491 g/mol. The Bertz CT molecular complexity index is 1140. The summed E-state index contributed by atoms with van der Waals surface area (Å²) in [6.07, 6.45) is -6.60. The Morgan fingerprint density at radius 3 is 2.56 bits per heavy atom. The fourth-order valence-corrected chi connectivity index (χ4v) is 2.93. The number of alkyl halides is 5. The Morgan fingerprint density at radius 1 is 1.21 bits per heavy atom. The highest BCUT2D eigenvalue weighted by Gasteiger charge is 2.38. The summed E-state index contributed by atoms with van der Waals surface area (Å²) < 4.78 is 83.4. The van der Waals surface area contributed by atoms with Gasteiger partial charge in [0.15, 0.2) is 24.5 Å². The van der Waals surface area contributed by atoms with E-state index in [-0.39, 0.29) is 23.5 Å². The van der Waals surface area contributed by atoms with Crippen LogP contribution in [0.25, 0.3) is 11.3 Å². The second kappa shape index (κ2) is 10.2. The minimum absolute atomic E-state index is 0.0125. The van der Waals surface area contributed by atoms with Crippen LogP contribution >= 0.6 is 0 Å². The molecule has 0 aliphatic rings. The average Bonchev–Trinajstić information content (AvgIpc) is 3.13. The van der Waals surface area contributed by atoms with Gasteiger partial charge in [-0.1, -0.05) is 0 Å². The molecule has 15 heteroatoms. The summed E-state index contributed by atoms with van der Waals surface area (Å²) in [6, 6.07) is 2.38. The molecular formula is C19H19F6N7O2. The van der Waals surface area contributed by atoms with Crippen molar-refractivity contribution >= 4 is 5.69 Å². The molecule has 34 heavy (non-hydrogen) atoms. The van der Waals surface area contributed by atoms with Gasteiger partial charge in [-0.3, -0.25) is 10.00 Å². The molecule has 0 saturated carbocycles. The monoisotopic (exact) mass is 491 g/mol. The lowest BCUT2D eigenvalue weighted by atomic mass is 10.1. The molecule has 0 amide bonds. The second-order valence-corrected chi connectivity index (χ2v) is 7.07. The van der Waals surface area contributed by atoms with Gasteiger partial charge in [0, 0.05) is 25.9 Å². The van der Waals surface area contributed by atoms with Crippen LogP contribution in [0.3, 0.4) is 0 Å². The first-order chi connectivity index (χ1) is 15.9. The minimum Gasteiger partial charge on any atom is -0.470 e. The van der Waals surface area contributed by atoms with Crippen molar-refractivity contribution in [3.8, 4) is 17.1 Å². The number of aliphatic hydroxyl groups is 1. The Balaban J connectivity index is 1.62. The summed E-state index contributed by atoms with van der Waals surface area (Å²) in [4.78, 5) is 3.56. The molecule has 0 spiro atoms. The number of nitrogens with one attached hydrogen (secondary N) is 2. The number of aliphatic hydroxyl groups excluding tert-OH is 1. The van der Waals surface area contributed by atoms with E-state index < -0.39 is 43.0 Å². The number of halogens is 6. The molecule has 0 aliphatic heterocycles. The Labute approximate surface area is 188 Å². The maximum absolute atomic E-state index is 13.9. The summed E-state index contributed by atoms with van der Waals surface area (Å²) >= 11 is 0. The zero-order valence-electron chi connectivity index (χ0n) is 17.7. The van der Waals surface area contributed by atoms with Crippen molar-refractivity contribution in [3.05, 3.63) is 47.3 Å². The summed E-state index contributed by atoms with van der Waals surface area (Å²) in [5.74, 6) is -1.62. The predicted molar refractivity (Wildman–Crippen MR) is 106 cm³/mol. The van der Waals surface area contributed by atoms with E-state index in [4.69, 9.17) is 0 Å². The Hall–Kier alpha value is -3.46. The van der Waals surface area contributed by atoms with E-state index in [0.717, 1.165) is 16.9 Å². The third-order valence-electron chi connectivity index (χ3n) is 4.32. The topological polar surface area (TPSA) is 110 Å². The van der Waals surface area contributed by atoms with E-state index in [1.54, 1.807) is 6.92 Å². The molecule has 0 radical (unpaired) electrons. The van der Waals surface area contributed by atoms with E-state index in [1.807, 2.05) is 0 Å².